The summed E-state index contributed by atoms with van der Waals surface area (Å²) in [6, 6.07) is 0. The van der Waals surface area contributed by atoms with Crippen molar-refractivity contribution < 1.29 is 15.3 Å². The van der Waals surface area contributed by atoms with Gasteiger partial charge in [0, 0.05) is 6.42 Å². The van der Waals surface area contributed by atoms with Crippen LogP contribution in [0.25, 0.3) is 0 Å². The van der Waals surface area contributed by atoms with Crippen LogP contribution in [0.5, 0.6) is 0 Å². The summed E-state index contributed by atoms with van der Waals surface area (Å²) in [6.45, 7) is 9.01. The van der Waals surface area contributed by atoms with Crippen molar-refractivity contribution in [2.75, 3.05) is 0 Å². The van der Waals surface area contributed by atoms with Crippen molar-refractivity contribution in [2.45, 2.75) is 103 Å². The predicted molar refractivity (Wildman–Crippen MR) is 122 cm³/mol. The Balaban J connectivity index is 1.44. The zero-order valence-electron chi connectivity index (χ0n) is 19.0. The lowest BCUT2D eigenvalue weighted by molar-refractivity contribution is 0.0784. The van der Waals surface area contributed by atoms with Gasteiger partial charge in [-0.3, -0.25) is 0 Å². The van der Waals surface area contributed by atoms with Gasteiger partial charge in [0.15, 0.2) is 0 Å². The second-order valence-corrected chi connectivity index (χ2v) is 11.1. The predicted octanol–water partition coefficient (Wildman–Crippen LogP) is 5.31. The summed E-state index contributed by atoms with van der Waals surface area (Å²) in [6.07, 6.45) is 15.2. The van der Waals surface area contributed by atoms with Crippen molar-refractivity contribution in [3.63, 3.8) is 0 Å². The number of fused-ring (bicyclic) bond motifs is 1. The molecule has 4 saturated carbocycles. The summed E-state index contributed by atoms with van der Waals surface area (Å²) in [7, 11) is 0. The largest absolute Gasteiger partial charge is 0.393 e. The molecule has 0 radical (unpaired) electrons. The second kappa shape index (κ2) is 8.92. The molecule has 0 aromatic heterocycles. The van der Waals surface area contributed by atoms with Crippen molar-refractivity contribution >= 4 is 0 Å². The molecule has 0 amide bonds. The van der Waals surface area contributed by atoms with Crippen LogP contribution in [-0.4, -0.2) is 33.6 Å². The molecular weight excluding hydrogens is 372 g/mol. The summed E-state index contributed by atoms with van der Waals surface area (Å²) in [5.41, 5.74) is 3.72. The lowest BCUT2D eigenvalue weighted by Crippen LogP contribution is -2.36. The fourth-order valence-corrected chi connectivity index (χ4v) is 7.03. The molecule has 168 valence electrons. The number of hydrogen-bond donors (Lipinski definition) is 3. The third-order valence-electron chi connectivity index (χ3n) is 9.07. The molecule has 4 aliphatic carbocycles. The van der Waals surface area contributed by atoms with Gasteiger partial charge in [0.05, 0.1) is 18.3 Å². The summed E-state index contributed by atoms with van der Waals surface area (Å²) in [4.78, 5) is 0. The topological polar surface area (TPSA) is 60.7 Å². The third kappa shape index (κ3) is 4.49. The molecule has 4 aliphatic rings. The van der Waals surface area contributed by atoms with Crippen LogP contribution in [0.2, 0.25) is 0 Å². The van der Waals surface area contributed by atoms with E-state index in [-0.39, 0.29) is 6.10 Å². The minimum absolute atomic E-state index is 0.0693. The van der Waals surface area contributed by atoms with Gasteiger partial charge in [-0.2, -0.15) is 0 Å². The average Bonchev–Trinajstić information content (AvgIpc) is 3.49. The van der Waals surface area contributed by atoms with Crippen LogP contribution in [0.1, 0.15) is 84.5 Å². The second-order valence-electron chi connectivity index (χ2n) is 11.1. The van der Waals surface area contributed by atoms with Gasteiger partial charge in [-0.05, 0) is 104 Å². The smallest absolute Gasteiger partial charge is 0.0811 e. The van der Waals surface area contributed by atoms with Gasteiger partial charge in [0.2, 0.25) is 0 Å². The Labute approximate surface area is 183 Å². The molecule has 0 aromatic carbocycles. The Bertz CT molecular complexity index is 703. The zero-order valence-corrected chi connectivity index (χ0v) is 19.0. The third-order valence-corrected chi connectivity index (χ3v) is 9.07. The maximum Gasteiger partial charge on any atom is 0.0811 e. The molecule has 3 heteroatoms. The average molecular weight is 415 g/mol. The standard InChI is InChI=1S/C27H42O3/c1-17(6-13-25(29)20-8-9-20)23-11-12-24-19(5-4-14-27(23,24)3)7-10-21-15-22(28)16-26(30)18(21)2/h7,10,17,20,22-26,28-30H,2,4-6,8-9,11-16H2,1,3H3/b19-7+,21-10-/t17-,22-,23-,24+,25-,26+,27-/m1/s1. The fourth-order valence-electron chi connectivity index (χ4n) is 7.03. The van der Waals surface area contributed by atoms with Crippen molar-refractivity contribution in [1.29, 1.82) is 0 Å². The minimum atomic E-state index is -0.613. The summed E-state index contributed by atoms with van der Waals surface area (Å²) in [5.74, 6) is 2.66. The van der Waals surface area contributed by atoms with Crippen LogP contribution < -0.4 is 0 Å². The van der Waals surface area contributed by atoms with Gasteiger partial charge in [-0.1, -0.05) is 38.2 Å². The number of aliphatic hydroxyl groups excluding tert-OH is 3. The first-order valence-corrected chi connectivity index (χ1v) is 12.4. The van der Waals surface area contributed by atoms with Gasteiger partial charge in [-0.25, -0.2) is 0 Å². The molecule has 0 heterocycles. The molecule has 4 fully saturated rings. The molecule has 0 bridgehead atoms. The number of rotatable bonds is 6. The number of aliphatic hydroxyl groups is 3. The summed E-state index contributed by atoms with van der Waals surface area (Å²) < 4.78 is 0. The van der Waals surface area contributed by atoms with E-state index in [9.17, 15) is 15.3 Å². The molecule has 3 N–H and O–H groups in total. The van der Waals surface area contributed by atoms with E-state index < -0.39 is 12.2 Å². The van der Waals surface area contributed by atoms with Gasteiger partial charge >= 0.3 is 0 Å². The van der Waals surface area contributed by atoms with Gasteiger partial charge in [0.25, 0.3) is 0 Å². The first-order chi connectivity index (χ1) is 14.3. The van der Waals surface area contributed by atoms with Crippen molar-refractivity contribution in [1.82, 2.24) is 0 Å². The molecule has 0 aromatic rings. The van der Waals surface area contributed by atoms with E-state index in [1.165, 1.54) is 44.9 Å². The molecule has 30 heavy (non-hydrogen) atoms. The Hall–Kier alpha value is -0.900. The van der Waals surface area contributed by atoms with Crippen LogP contribution in [0.3, 0.4) is 0 Å². The Morgan fingerprint density at radius 1 is 1.13 bits per heavy atom. The highest BCUT2D eigenvalue weighted by molar-refractivity contribution is 5.38. The zero-order chi connectivity index (χ0) is 21.5. The highest BCUT2D eigenvalue weighted by Gasteiger charge is 2.50. The maximum atomic E-state index is 10.3. The van der Waals surface area contributed by atoms with Crippen LogP contribution in [-0.2, 0) is 0 Å². The lowest BCUT2D eigenvalue weighted by Gasteiger charge is -2.44. The summed E-state index contributed by atoms with van der Waals surface area (Å²) >= 11 is 0. The summed E-state index contributed by atoms with van der Waals surface area (Å²) in [5, 5.41) is 30.5. The van der Waals surface area contributed by atoms with Crippen LogP contribution in [0, 0.1) is 29.1 Å². The molecule has 0 unspecified atom stereocenters. The van der Waals surface area contributed by atoms with Crippen LogP contribution in [0.4, 0.5) is 0 Å². The first-order valence-electron chi connectivity index (χ1n) is 12.4. The Morgan fingerprint density at radius 3 is 2.63 bits per heavy atom. The van der Waals surface area contributed by atoms with Crippen LogP contribution >= 0.6 is 0 Å². The van der Waals surface area contributed by atoms with Crippen molar-refractivity contribution in [2.24, 2.45) is 29.1 Å². The number of hydrogen-bond acceptors (Lipinski definition) is 3. The maximum absolute atomic E-state index is 10.3. The number of allylic oxidation sites excluding steroid dienone is 3. The van der Waals surface area contributed by atoms with Crippen LogP contribution in [0.15, 0.2) is 35.5 Å². The quantitative estimate of drug-likeness (QED) is 0.552. The van der Waals surface area contributed by atoms with Gasteiger partial charge in [0.1, 0.15) is 0 Å². The van der Waals surface area contributed by atoms with E-state index in [4.69, 9.17) is 0 Å². The lowest BCUT2D eigenvalue weighted by atomic mass is 9.60. The first kappa shape index (κ1) is 22.3. The molecule has 3 nitrogen and oxygen atoms in total. The molecule has 7 atom stereocenters. The van der Waals surface area contributed by atoms with E-state index in [0.717, 1.165) is 29.9 Å². The van der Waals surface area contributed by atoms with E-state index in [0.29, 0.717) is 36.0 Å². The minimum Gasteiger partial charge on any atom is -0.393 e. The van der Waals surface area contributed by atoms with E-state index in [1.807, 2.05) is 0 Å². The van der Waals surface area contributed by atoms with Crippen molar-refractivity contribution in [3.8, 4) is 0 Å². The molecule has 0 saturated heterocycles. The SMILES string of the molecule is C=C1/C(=C\C=C2/CCC[C@]3(C)[C@@H]([C@H](C)CC[C@@H](O)C4CC4)CC[C@@H]23)C[C@@H](O)C[C@@H]1O. The molecular formula is C27H42O3. The highest BCUT2D eigenvalue weighted by atomic mass is 16.3. The molecule has 4 rings (SSSR count). The van der Waals surface area contributed by atoms with E-state index in [2.05, 4.69) is 32.6 Å². The van der Waals surface area contributed by atoms with E-state index >= 15 is 0 Å². The van der Waals surface area contributed by atoms with E-state index in [1.54, 1.807) is 5.57 Å². The molecule has 0 spiro atoms. The highest BCUT2D eigenvalue weighted by Crippen LogP contribution is 2.60. The van der Waals surface area contributed by atoms with Gasteiger partial charge in [-0.15, -0.1) is 0 Å². The Morgan fingerprint density at radius 2 is 1.90 bits per heavy atom. The normalized spacial score (nSPS) is 41.8. The Kier molecular flexibility index (Phi) is 6.63. The van der Waals surface area contributed by atoms with Crippen molar-refractivity contribution in [3.05, 3.63) is 35.5 Å². The fraction of sp³-hybridized carbons (Fsp3) is 0.778. The monoisotopic (exact) mass is 414 g/mol. The van der Waals surface area contributed by atoms with Gasteiger partial charge < -0.3 is 15.3 Å². The molecule has 0 aliphatic heterocycles.